The maximum absolute atomic E-state index is 8.93. The van der Waals surface area contributed by atoms with E-state index in [-0.39, 0.29) is 0 Å². The fourth-order valence-electron chi connectivity index (χ4n) is 2.34. The van der Waals surface area contributed by atoms with Crippen molar-refractivity contribution in [1.29, 1.82) is 5.26 Å². The summed E-state index contributed by atoms with van der Waals surface area (Å²) in [6.07, 6.45) is 2.45. The Bertz CT molecular complexity index is 442. The van der Waals surface area contributed by atoms with E-state index in [2.05, 4.69) is 23.3 Å². The summed E-state index contributed by atoms with van der Waals surface area (Å²) in [6, 6.07) is 7.66. The molecule has 1 fully saturated rings. The van der Waals surface area contributed by atoms with Crippen LogP contribution < -0.4 is 11.1 Å². The van der Waals surface area contributed by atoms with Gasteiger partial charge >= 0.3 is 0 Å². The minimum atomic E-state index is 0.545. The van der Waals surface area contributed by atoms with E-state index in [1.54, 1.807) is 6.07 Å². The highest BCUT2D eigenvalue weighted by Gasteiger charge is 2.16. The average Bonchev–Trinajstić information content (AvgIpc) is 2.39. The van der Waals surface area contributed by atoms with Gasteiger partial charge < -0.3 is 16.0 Å². The number of likely N-dealkylation sites (tertiary alicyclic amines) is 1. The highest BCUT2D eigenvalue weighted by molar-refractivity contribution is 5.72. The Morgan fingerprint density at radius 1 is 1.44 bits per heavy atom. The lowest BCUT2D eigenvalue weighted by Gasteiger charge is -2.29. The van der Waals surface area contributed by atoms with Crippen molar-refractivity contribution < 1.29 is 0 Å². The zero-order valence-electron chi connectivity index (χ0n) is 10.8. The van der Waals surface area contributed by atoms with Gasteiger partial charge in [-0.2, -0.15) is 5.26 Å². The molecule has 1 aromatic carbocycles. The van der Waals surface area contributed by atoms with Crippen LogP contribution in [0.2, 0.25) is 0 Å². The van der Waals surface area contributed by atoms with Crippen molar-refractivity contribution in [3.05, 3.63) is 23.8 Å². The third-order valence-electron chi connectivity index (χ3n) is 3.65. The summed E-state index contributed by atoms with van der Waals surface area (Å²) in [5.74, 6) is 0.700. The van der Waals surface area contributed by atoms with Crippen molar-refractivity contribution in [2.45, 2.75) is 12.8 Å². The molecule has 1 saturated heterocycles. The molecule has 0 aromatic heterocycles. The largest absolute Gasteiger partial charge is 0.396 e. The second kappa shape index (κ2) is 5.74. The van der Waals surface area contributed by atoms with E-state index >= 15 is 0 Å². The van der Waals surface area contributed by atoms with Crippen LogP contribution in [0.4, 0.5) is 11.4 Å². The Hall–Kier alpha value is -1.73. The number of anilines is 2. The van der Waals surface area contributed by atoms with E-state index in [0.717, 1.165) is 12.2 Å². The van der Waals surface area contributed by atoms with Gasteiger partial charge in [-0.15, -0.1) is 0 Å². The molecule has 2 rings (SSSR count). The van der Waals surface area contributed by atoms with Gasteiger partial charge in [-0.3, -0.25) is 0 Å². The number of hydrogen-bond donors (Lipinski definition) is 2. The minimum Gasteiger partial charge on any atom is -0.396 e. The molecule has 96 valence electrons. The predicted octanol–water partition coefficient (Wildman–Crippen LogP) is 1.89. The molecule has 4 heteroatoms. The summed E-state index contributed by atoms with van der Waals surface area (Å²) in [4.78, 5) is 2.36. The van der Waals surface area contributed by atoms with Crippen LogP contribution in [0, 0.1) is 17.2 Å². The SMILES string of the molecule is CN1CCC(CNc2cccc(C#N)c2N)CC1. The van der Waals surface area contributed by atoms with Crippen LogP contribution in [0.15, 0.2) is 18.2 Å². The van der Waals surface area contributed by atoms with Crippen LogP contribution in [0.3, 0.4) is 0 Å². The van der Waals surface area contributed by atoms with Crippen molar-refractivity contribution in [2.75, 3.05) is 37.7 Å². The summed E-state index contributed by atoms with van der Waals surface area (Å²) in [6.45, 7) is 3.27. The van der Waals surface area contributed by atoms with Crippen LogP contribution in [0.25, 0.3) is 0 Å². The van der Waals surface area contributed by atoms with E-state index in [1.807, 2.05) is 12.1 Å². The molecule has 1 aliphatic heterocycles. The van der Waals surface area contributed by atoms with Gasteiger partial charge in [0.25, 0.3) is 0 Å². The normalized spacial score (nSPS) is 17.3. The van der Waals surface area contributed by atoms with Gasteiger partial charge in [-0.1, -0.05) is 6.07 Å². The van der Waals surface area contributed by atoms with Crippen molar-refractivity contribution in [3.63, 3.8) is 0 Å². The smallest absolute Gasteiger partial charge is 0.101 e. The maximum atomic E-state index is 8.93. The highest BCUT2D eigenvalue weighted by Crippen LogP contribution is 2.23. The van der Waals surface area contributed by atoms with Crippen LogP contribution in [-0.4, -0.2) is 31.6 Å². The number of nitrogens with two attached hydrogens (primary N) is 1. The molecule has 1 heterocycles. The Kier molecular flexibility index (Phi) is 4.06. The van der Waals surface area contributed by atoms with E-state index in [9.17, 15) is 0 Å². The summed E-state index contributed by atoms with van der Waals surface area (Å²) >= 11 is 0. The molecule has 1 aliphatic rings. The lowest BCUT2D eigenvalue weighted by Crippen LogP contribution is -2.33. The van der Waals surface area contributed by atoms with Crippen LogP contribution in [0.5, 0.6) is 0 Å². The van der Waals surface area contributed by atoms with E-state index in [1.165, 1.54) is 25.9 Å². The minimum absolute atomic E-state index is 0.545. The number of nitrogen functional groups attached to an aromatic ring is 1. The lowest BCUT2D eigenvalue weighted by atomic mass is 9.97. The Morgan fingerprint density at radius 2 is 2.17 bits per heavy atom. The van der Waals surface area contributed by atoms with Crippen molar-refractivity contribution in [1.82, 2.24) is 4.90 Å². The fraction of sp³-hybridized carbons (Fsp3) is 0.500. The fourth-order valence-corrected chi connectivity index (χ4v) is 2.34. The zero-order valence-corrected chi connectivity index (χ0v) is 10.8. The Labute approximate surface area is 108 Å². The third kappa shape index (κ3) is 2.93. The first-order valence-electron chi connectivity index (χ1n) is 6.41. The average molecular weight is 244 g/mol. The molecule has 0 aliphatic carbocycles. The molecule has 0 bridgehead atoms. The summed E-state index contributed by atoms with van der Waals surface area (Å²) in [5.41, 5.74) is 7.93. The molecule has 0 atom stereocenters. The molecule has 1 aromatic rings. The van der Waals surface area contributed by atoms with Gasteiger partial charge in [0.2, 0.25) is 0 Å². The molecule has 3 N–H and O–H groups in total. The van der Waals surface area contributed by atoms with E-state index < -0.39 is 0 Å². The number of nitriles is 1. The summed E-state index contributed by atoms with van der Waals surface area (Å²) < 4.78 is 0. The molecule has 0 radical (unpaired) electrons. The summed E-state index contributed by atoms with van der Waals surface area (Å²) in [7, 11) is 2.16. The van der Waals surface area contributed by atoms with Gasteiger partial charge in [-0.25, -0.2) is 0 Å². The standard InChI is InChI=1S/C14H20N4/c1-18-7-5-11(6-8-18)10-17-13-4-2-3-12(9-15)14(13)16/h2-4,11,17H,5-8,10,16H2,1H3. The number of hydrogen-bond acceptors (Lipinski definition) is 4. The second-order valence-electron chi connectivity index (χ2n) is 5.01. The maximum Gasteiger partial charge on any atom is 0.101 e. The number of rotatable bonds is 3. The first-order valence-corrected chi connectivity index (χ1v) is 6.41. The van der Waals surface area contributed by atoms with Crippen molar-refractivity contribution >= 4 is 11.4 Å². The van der Waals surface area contributed by atoms with Gasteiger partial charge in [-0.05, 0) is 51.0 Å². The Morgan fingerprint density at radius 3 is 2.83 bits per heavy atom. The van der Waals surface area contributed by atoms with Gasteiger partial charge in [0, 0.05) is 6.54 Å². The van der Waals surface area contributed by atoms with Crippen LogP contribution in [-0.2, 0) is 0 Å². The number of nitrogens with one attached hydrogen (secondary N) is 1. The topological polar surface area (TPSA) is 65.1 Å². The molecule has 0 saturated carbocycles. The molecule has 4 nitrogen and oxygen atoms in total. The second-order valence-corrected chi connectivity index (χ2v) is 5.01. The summed E-state index contributed by atoms with van der Waals surface area (Å²) in [5, 5.41) is 12.3. The van der Waals surface area contributed by atoms with Crippen molar-refractivity contribution in [2.24, 2.45) is 5.92 Å². The number of para-hydroxylation sites is 1. The molecular weight excluding hydrogens is 224 g/mol. The van der Waals surface area contributed by atoms with Crippen LogP contribution >= 0.6 is 0 Å². The molecular formula is C14H20N4. The molecule has 18 heavy (non-hydrogen) atoms. The lowest BCUT2D eigenvalue weighted by molar-refractivity contribution is 0.226. The quantitative estimate of drug-likeness (QED) is 0.797. The first-order chi connectivity index (χ1) is 8.70. The van der Waals surface area contributed by atoms with Crippen molar-refractivity contribution in [3.8, 4) is 6.07 Å². The zero-order chi connectivity index (χ0) is 13.0. The van der Waals surface area contributed by atoms with E-state index in [4.69, 9.17) is 11.0 Å². The Balaban J connectivity index is 1.93. The first kappa shape index (κ1) is 12.7. The number of piperidine rings is 1. The highest BCUT2D eigenvalue weighted by atomic mass is 15.1. The van der Waals surface area contributed by atoms with Gasteiger partial charge in [0.1, 0.15) is 6.07 Å². The molecule has 0 amide bonds. The number of benzene rings is 1. The molecule has 0 spiro atoms. The van der Waals surface area contributed by atoms with Crippen LogP contribution in [0.1, 0.15) is 18.4 Å². The monoisotopic (exact) mass is 244 g/mol. The predicted molar refractivity (Wildman–Crippen MR) is 74.3 cm³/mol. The molecule has 0 unspecified atom stereocenters. The van der Waals surface area contributed by atoms with Gasteiger partial charge in [0.05, 0.1) is 16.9 Å². The number of nitrogens with zero attached hydrogens (tertiary/aromatic N) is 2. The third-order valence-corrected chi connectivity index (χ3v) is 3.65. The van der Waals surface area contributed by atoms with Gasteiger partial charge in [0.15, 0.2) is 0 Å². The van der Waals surface area contributed by atoms with E-state index in [0.29, 0.717) is 17.2 Å².